The van der Waals surface area contributed by atoms with Gasteiger partial charge >= 0.3 is 6.18 Å². The Bertz CT molecular complexity index is 1070. The maximum absolute atomic E-state index is 12.7. The highest BCUT2D eigenvalue weighted by molar-refractivity contribution is 6.03. The number of nitrogens with zero attached hydrogens (tertiary/aromatic N) is 1. The number of nitrogens with one attached hydrogen (secondary N) is 2. The van der Waals surface area contributed by atoms with Gasteiger partial charge in [0, 0.05) is 41.5 Å². The van der Waals surface area contributed by atoms with E-state index in [0.717, 1.165) is 67.7 Å². The summed E-state index contributed by atoms with van der Waals surface area (Å²) in [5.74, 6) is 2.15. The fourth-order valence-corrected chi connectivity index (χ4v) is 6.81. The molecule has 1 unspecified atom stereocenters. The molecule has 2 saturated carbocycles. The first-order chi connectivity index (χ1) is 16.8. The zero-order valence-electron chi connectivity index (χ0n) is 19.7. The van der Waals surface area contributed by atoms with Crippen LogP contribution in [0.25, 0.3) is 10.9 Å². The summed E-state index contributed by atoms with van der Waals surface area (Å²) in [6.45, 7) is 2.49. The summed E-state index contributed by atoms with van der Waals surface area (Å²) < 4.78 is 49.3. The van der Waals surface area contributed by atoms with E-state index in [0.29, 0.717) is 37.5 Å². The van der Waals surface area contributed by atoms with Crippen LogP contribution >= 0.6 is 0 Å². The second-order valence-electron chi connectivity index (χ2n) is 11.3. The lowest BCUT2D eigenvalue weighted by Crippen LogP contribution is -2.54. The number of rotatable bonds is 7. The number of hydrogen-bond donors (Lipinski definition) is 2. The molecule has 4 aliphatic rings. The molecule has 6 rings (SSSR count). The molecule has 1 amide bonds. The van der Waals surface area contributed by atoms with Crippen LogP contribution in [0.15, 0.2) is 24.4 Å². The minimum atomic E-state index is -4.11. The van der Waals surface area contributed by atoms with E-state index in [1.807, 2.05) is 24.4 Å². The summed E-state index contributed by atoms with van der Waals surface area (Å²) in [6, 6.07) is 5.84. The molecular weight excluding hydrogens is 459 g/mol. The number of halogens is 3. The van der Waals surface area contributed by atoms with Gasteiger partial charge in [-0.1, -0.05) is 0 Å². The smallest absolute Gasteiger partial charge is 0.401 e. The first-order valence-electron chi connectivity index (χ1n) is 12.7. The Kier molecular flexibility index (Phi) is 5.75. The number of anilines is 1. The van der Waals surface area contributed by atoms with Crippen molar-refractivity contribution in [1.82, 2.24) is 9.88 Å². The number of likely N-dealkylation sites (tertiary alicyclic amines) is 1. The zero-order chi connectivity index (χ0) is 24.2. The van der Waals surface area contributed by atoms with Crippen molar-refractivity contribution in [3.8, 4) is 5.75 Å². The first-order valence-corrected chi connectivity index (χ1v) is 12.7. The third-order valence-corrected chi connectivity index (χ3v) is 8.58. The van der Waals surface area contributed by atoms with Gasteiger partial charge in [-0.25, -0.2) is 0 Å². The van der Waals surface area contributed by atoms with Gasteiger partial charge in [0.1, 0.15) is 5.75 Å². The predicted octanol–water partition coefficient (Wildman–Crippen LogP) is 4.82. The number of fused-ring (bicyclic) bond motifs is 2. The Hall–Kier alpha value is -2.26. The Labute approximate surface area is 202 Å². The molecule has 2 aromatic rings. The van der Waals surface area contributed by atoms with Crippen molar-refractivity contribution in [1.29, 1.82) is 0 Å². The molecule has 3 heterocycles. The van der Waals surface area contributed by atoms with Crippen molar-refractivity contribution < 1.29 is 27.4 Å². The molecule has 0 bridgehead atoms. The number of aromatic nitrogens is 1. The summed E-state index contributed by atoms with van der Waals surface area (Å²) in [7, 11) is 0. The summed E-state index contributed by atoms with van der Waals surface area (Å²) >= 11 is 0. The number of hydrogen-bond acceptors (Lipinski definition) is 4. The normalized spacial score (nSPS) is 28.1. The minimum Gasteiger partial charge on any atom is -0.494 e. The van der Waals surface area contributed by atoms with Crippen molar-refractivity contribution >= 4 is 22.5 Å². The Balaban J connectivity index is 0.985. The molecule has 2 aliphatic carbocycles. The Morgan fingerprint density at radius 1 is 1.20 bits per heavy atom. The molecule has 4 fully saturated rings. The summed E-state index contributed by atoms with van der Waals surface area (Å²) in [6.07, 6.45) is 2.41. The number of alkyl halides is 3. The van der Waals surface area contributed by atoms with Crippen LogP contribution in [0.3, 0.4) is 0 Å². The highest BCUT2D eigenvalue weighted by Crippen LogP contribution is 2.51. The summed E-state index contributed by atoms with van der Waals surface area (Å²) in [5, 5.41) is 4.01. The van der Waals surface area contributed by atoms with Gasteiger partial charge in [0.2, 0.25) is 5.91 Å². The molecule has 1 aromatic heterocycles. The Morgan fingerprint density at radius 3 is 2.60 bits per heavy atom. The second kappa shape index (κ2) is 8.69. The van der Waals surface area contributed by atoms with Gasteiger partial charge < -0.3 is 19.8 Å². The second-order valence-corrected chi connectivity index (χ2v) is 11.3. The predicted molar refractivity (Wildman–Crippen MR) is 125 cm³/mol. The highest BCUT2D eigenvalue weighted by Gasteiger charge is 2.52. The SMILES string of the molecule is O=C(Nc1c[nH]c2ccc(OCCC3C[C@@H]4CN(CC(F)(F)F)C[C@@H]4C3)cc12)C1CC2(COC2)C1. The number of ether oxygens (including phenoxy) is 2. The maximum atomic E-state index is 12.7. The standard InChI is InChI=1S/C26H32F3N3O3/c27-26(28,29)13-32-11-17-5-16(6-18(17)12-32)3-4-35-20-1-2-22-21(7-20)23(10-30-22)31-24(33)19-8-25(9-19)14-34-15-25/h1-2,7,10,16-19,30H,3-6,8-9,11-15H2,(H,31,33)/t16?,17-,18+. The molecule has 35 heavy (non-hydrogen) atoms. The molecule has 2 saturated heterocycles. The van der Waals surface area contributed by atoms with Crippen molar-refractivity contribution in [3.63, 3.8) is 0 Å². The minimum absolute atomic E-state index is 0.0507. The van der Waals surface area contributed by atoms with Gasteiger partial charge in [0.15, 0.2) is 0 Å². The number of carbonyl (C=O) groups is 1. The quantitative estimate of drug-likeness (QED) is 0.583. The van der Waals surface area contributed by atoms with E-state index in [9.17, 15) is 18.0 Å². The van der Waals surface area contributed by atoms with Crippen molar-refractivity contribution in [3.05, 3.63) is 24.4 Å². The third kappa shape index (κ3) is 4.77. The lowest BCUT2D eigenvalue weighted by Gasteiger charge is -2.52. The monoisotopic (exact) mass is 491 g/mol. The average molecular weight is 492 g/mol. The lowest BCUT2D eigenvalue weighted by atomic mass is 9.60. The van der Waals surface area contributed by atoms with Crippen LogP contribution in [-0.2, 0) is 9.53 Å². The van der Waals surface area contributed by atoms with Crippen LogP contribution < -0.4 is 10.1 Å². The molecule has 1 spiro atoms. The van der Waals surface area contributed by atoms with E-state index in [2.05, 4.69) is 10.3 Å². The molecular formula is C26H32F3N3O3. The topological polar surface area (TPSA) is 66.6 Å². The van der Waals surface area contributed by atoms with Crippen molar-refractivity contribution in [2.24, 2.45) is 29.1 Å². The van der Waals surface area contributed by atoms with Gasteiger partial charge in [0.05, 0.1) is 32.1 Å². The number of aromatic amines is 1. The fraction of sp³-hybridized carbons (Fsp3) is 0.654. The average Bonchev–Trinajstić information content (AvgIpc) is 3.38. The van der Waals surface area contributed by atoms with Crippen molar-refractivity contribution in [2.45, 2.75) is 38.3 Å². The highest BCUT2D eigenvalue weighted by atomic mass is 19.4. The lowest BCUT2D eigenvalue weighted by molar-refractivity contribution is -0.181. The van der Waals surface area contributed by atoms with E-state index in [4.69, 9.17) is 9.47 Å². The van der Waals surface area contributed by atoms with Gasteiger partial charge in [-0.3, -0.25) is 9.69 Å². The summed E-state index contributed by atoms with van der Waals surface area (Å²) in [4.78, 5) is 17.5. The molecule has 2 N–H and O–H groups in total. The fourth-order valence-electron chi connectivity index (χ4n) is 6.81. The number of H-pyrrole nitrogens is 1. The van der Waals surface area contributed by atoms with E-state index in [1.165, 1.54) is 0 Å². The molecule has 2 aliphatic heterocycles. The molecule has 190 valence electrons. The van der Waals surface area contributed by atoms with Gasteiger partial charge in [-0.2, -0.15) is 13.2 Å². The van der Waals surface area contributed by atoms with E-state index in [1.54, 1.807) is 4.90 Å². The summed E-state index contributed by atoms with van der Waals surface area (Å²) in [5.41, 5.74) is 1.97. The van der Waals surface area contributed by atoms with Crippen molar-refractivity contribution in [2.75, 3.05) is 44.8 Å². The number of carbonyl (C=O) groups excluding carboxylic acids is 1. The van der Waals surface area contributed by atoms with Crippen LogP contribution in [0.4, 0.5) is 18.9 Å². The Morgan fingerprint density at radius 2 is 1.94 bits per heavy atom. The van der Waals surface area contributed by atoms with E-state index < -0.39 is 12.7 Å². The van der Waals surface area contributed by atoms with Gasteiger partial charge in [-0.15, -0.1) is 0 Å². The van der Waals surface area contributed by atoms with Crippen LogP contribution in [0, 0.1) is 29.1 Å². The van der Waals surface area contributed by atoms with E-state index in [-0.39, 0.29) is 17.2 Å². The van der Waals surface area contributed by atoms with Crippen LogP contribution in [-0.4, -0.2) is 61.4 Å². The van der Waals surface area contributed by atoms with Crippen LogP contribution in [0.2, 0.25) is 0 Å². The maximum Gasteiger partial charge on any atom is 0.401 e. The van der Waals surface area contributed by atoms with Crippen LogP contribution in [0.5, 0.6) is 5.75 Å². The number of amides is 1. The zero-order valence-corrected chi connectivity index (χ0v) is 19.7. The molecule has 1 aromatic carbocycles. The van der Waals surface area contributed by atoms with Gasteiger partial charge in [-0.05, 0) is 68.1 Å². The molecule has 0 radical (unpaired) electrons. The third-order valence-electron chi connectivity index (χ3n) is 8.58. The largest absolute Gasteiger partial charge is 0.494 e. The first kappa shape index (κ1) is 23.2. The van der Waals surface area contributed by atoms with Gasteiger partial charge in [0.25, 0.3) is 0 Å². The molecule has 3 atom stereocenters. The van der Waals surface area contributed by atoms with Crippen LogP contribution in [0.1, 0.15) is 32.1 Å². The molecule has 9 heteroatoms. The van der Waals surface area contributed by atoms with E-state index >= 15 is 0 Å². The number of benzene rings is 1. The molecule has 6 nitrogen and oxygen atoms in total.